The fraction of sp³-hybridized carbons (Fsp3) is 0.370. The van der Waals surface area contributed by atoms with Crippen LogP contribution in [0.5, 0.6) is 5.75 Å². The monoisotopic (exact) mass is 655 g/mol. The van der Waals surface area contributed by atoms with E-state index in [-0.39, 0.29) is 19.6 Å². The Bertz CT molecular complexity index is 1190. The number of carbonyl (C=O) groups excluding carboxylic acids is 3. The van der Waals surface area contributed by atoms with Crippen LogP contribution in [0.4, 0.5) is 13.6 Å². The summed E-state index contributed by atoms with van der Waals surface area (Å²) in [6.45, 7) is -1.38. The molecule has 3 rings (SSSR count). The SMILES string of the molecule is C#CCOC(=O)N[C@@H](Cc1ccccc1)[C@H](O)C(=O)N1CC(F)(F)C[C@H]1C(=O)NCc1cccc(OCI)c1. The summed E-state index contributed by atoms with van der Waals surface area (Å²) in [6, 6.07) is 12.8. The molecule has 9 nitrogen and oxygen atoms in total. The van der Waals surface area contributed by atoms with Gasteiger partial charge in [0, 0.05) is 13.0 Å². The van der Waals surface area contributed by atoms with Crippen molar-refractivity contribution in [2.45, 2.75) is 43.5 Å². The third kappa shape index (κ3) is 8.79. The fourth-order valence-corrected chi connectivity index (χ4v) is 4.51. The average molecular weight is 655 g/mol. The molecule has 0 aliphatic carbocycles. The van der Waals surface area contributed by atoms with E-state index < -0.39 is 55.0 Å². The highest BCUT2D eigenvalue weighted by Crippen LogP contribution is 2.33. The fourth-order valence-electron chi connectivity index (χ4n) is 4.15. The molecule has 1 saturated heterocycles. The van der Waals surface area contributed by atoms with Crippen molar-refractivity contribution >= 4 is 40.5 Å². The predicted molar refractivity (Wildman–Crippen MR) is 146 cm³/mol. The van der Waals surface area contributed by atoms with Crippen LogP contribution >= 0.6 is 22.6 Å². The lowest BCUT2D eigenvalue weighted by Gasteiger charge is -2.29. The van der Waals surface area contributed by atoms with E-state index in [4.69, 9.17) is 15.9 Å². The van der Waals surface area contributed by atoms with Crippen molar-refractivity contribution in [3.8, 4) is 18.1 Å². The van der Waals surface area contributed by atoms with Crippen LogP contribution in [-0.2, 0) is 27.3 Å². The molecule has 1 aliphatic heterocycles. The number of amides is 3. The maximum Gasteiger partial charge on any atom is 0.408 e. The molecule has 0 unspecified atom stereocenters. The Kier molecular flexibility index (Phi) is 10.9. The van der Waals surface area contributed by atoms with Crippen molar-refractivity contribution in [1.82, 2.24) is 15.5 Å². The van der Waals surface area contributed by atoms with Crippen LogP contribution in [0, 0.1) is 12.3 Å². The van der Waals surface area contributed by atoms with Gasteiger partial charge in [0.1, 0.15) is 16.4 Å². The first kappa shape index (κ1) is 30.1. The predicted octanol–water partition coefficient (Wildman–Crippen LogP) is 2.64. The zero-order valence-corrected chi connectivity index (χ0v) is 23.0. The smallest absolute Gasteiger partial charge is 0.408 e. The molecule has 3 atom stereocenters. The van der Waals surface area contributed by atoms with Crippen LogP contribution in [0.25, 0.3) is 0 Å². The van der Waals surface area contributed by atoms with Crippen LogP contribution in [-0.4, -0.2) is 69.8 Å². The van der Waals surface area contributed by atoms with Crippen LogP contribution in [0.2, 0.25) is 0 Å². The minimum atomic E-state index is -3.35. The van der Waals surface area contributed by atoms with Gasteiger partial charge in [0.05, 0.1) is 12.6 Å². The summed E-state index contributed by atoms with van der Waals surface area (Å²) in [5.74, 6) is -2.56. The van der Waals surface area contributed by atoms with Crippen molar-refractivity contribution in [1.29, 1.82) is 0 Å². The van der Waals surface area contributed by atoms with E-state index in [9.17, 15) is 28.3 Å². The standard InChI is InChI=1S/C27H28F2IN3O6/c1-2-11-38-26(37)32-21(13-18-7-4-3-5-8-18)23(34)25(36)33-16-27(28,29)14-22(33)24(35)31-15-19-9-6-10-20(12-19)39-17-30/h1,3-10,12,21-23,34H,11,13-17H2,(H,31,35)(H,32,37)/t21-,22-,23-/m0/s1. The summed E-state index contributed by atoms with van der Waals surface area (Å²) in [5.41, 5.74) is 1.33. The van der Waals surface area contributed by atoms with Crippen LogP contribution in [0.15, 0.2) is 54.6 Å². The Labute approximate surface area is 238 Å². The summed E-state index contributed by atoms with van der Waals surface area (Å²) in [5, 5.41) is 15.9. The number of hydrogen-bond donors (Lipinski definition) is 3. The van der Waals surface area contributed by atoms with Gasteiger partial charge < -0.3 is 30.1 Å². The number of terminal acetylenes is 1. The molecule has 12 heteroatoms. The summed E-state index contributed by atoms with van der Waals surface area (Å²) >= 11 is 2.04. The number of ether oxygens (including phenoxy) is 2. The summed E-state index contributed by atoms with van der Waals surface area (Å²) in [7, 11) is 0. The molecule has 208 valence electrons. The molecule has 0 bridgehead atoms. The van der Waals surface area contributed by atoms with Gasteiger partial charge in [0.15, 0.2) is 12.7 Å². The Morgan fingerprint density at radius 1 is 1.18 bits per heavy atom. The quantitative estimate of drug-likeness (QED) is 0.195. The first-order valence-electron chi connectivity index (χ1n) is 12.0. The summed E-state index contributed by atoms with van der Waals surface area (Å²) in [6.07, 6.45) is 1.23. The molecular weight excluding hydrogens is 627 g/mol. The van der Waals surface area contributed by atoms with E-state index in [0.29, 0.717) is 26.4 Å². The molecule has 0 saturated carbocycles. The molecule has 1 aliphatic rings. The first-order chi connectivity index (χ1) is 18.6. The largest absolute Gasteiger partial charge is 0.483 e. The van der Waals surface area contributed by atoms with Gasteiger partial charge in [-0.1, -0.05) is 48.4 Å². The van der Waals surface area contributed by atoms with Gasteiger partial charge in [-0.2, -0.15) is 0 Å². The lowest BCUT2D eigenvalue weighted by molar-refractivity contribution is -0.147. The van der Waals surface area contributed by atoms with Crippen molar-refractivity contribution < 1.29 is 37.7 Å². The summed E-state index contributed by atoms with van der Waals surface area (Å²) < 4.78 is 39.5. The highest BCUT2D eigenvalue weighted by atomic mass is 127. The Morgan fingerprint density at radius 2 is 1.90 bits per heavy atom. The molecule has 0 radical (unpaired) electrons. The van der Waals surface area contributed by atoms with E-state index >= 15 is 0 Å². The number of hydrogen-bond acceptors (Lipinski definition) is 6. The number of halogens is 3. The average Bonchev–Trinajstić information content (AvgIpc) is 3.25. The van der Waals surface area contributed by atoms with Gasteiger partial charge in [-0.05, 0) is 52.3 Å². The van der Waals surface area contributed by atoms with Crippen molar-refractivity contribution in [3.05, 3.63) is 65.7 Å². The molecule has 2 aromatic rings. The van der Waals surface area contributed by atoms with Gasteiger partial charge in [-0.3, -0.25) is 9.59 Å². The number of aliphatic hydroxyl groups excluding tert-OH is 1. The molecule has 3 amide bonds. The molecule has 39 heavy (non-hydrogen) atoms. The van der Waals surface area contributed by atoms with Gasteiger partial charge in [0.2, 0.25) is 5.91 Å². The van der Waals surface area contributed by atoms with E-state index in [1.165, 1.54) is 0 Å². The third-order valence-corrected chi connectivity index (χ3v) is 6.28. The molecule has 2 aromatic carbocycles. The second kappa shape index (κ2) is 14.1. The number of alkyl carbamates (subject to hydrolysis) is 1. The Balaban J connectivity index is 1.74. The Hall–Kier alpha value is -3.44. The number of rotatable bonds is 11. The van der Waals surface area contributed by atoms with Crippen LogP contribution < -0.4 is 15.4 Å². The van der Waals surface area contributed by atoms with Gasteiger partial charge in [-0.25, -0.2) is 13.6 Å². The Morgan fingerprint density at radius 3 is 2.59 bits per heavy atom. The van der Waals surface area contributed by atoms with E-state index in [0.717, 1.165) is 0 Å². The zero-order chi connectivity index (χ0) is 28.4. The normalized spacial score (nSPS) is 17.4. The third-order valence-electron chi connectivity index (χ3n) is 5.96. The molecule has 1 heterocycles. The van der Waals surface area contributed by atoms with Crippen molar-refractivity contribution in [2.24, 2.45) is 0 Å². The molecule has 0 aromatic heterocycles. The summed E-state index contributed by atoms with van der Waals surface area (Å²) in [4.78, 5) is 39.0. The maximum atomic E-state index is 14.4. The van der Waals surface area contributed by atoms with Crippen molar-refractivity contribution in [3.63, 3.8) is 0 Å². The zero-order valence-electron chi connectivity index (χ0n) is 20.8. The van der Waals surface area contributed by atoms with Crippen LogP contribution in [0.1, 0.15) is 17.5 Å². The molecular formula is C27H28F2IN3O6. The number of carbonyl (C=O) groups is 3. The topological polar surface area (TPSA) is 117 Å². The lowest BCUT2D eigenvalue weighted by Crippen LogP contribution is -2.56. The minimum absolute atomic E-state index is 0.0170. The van der Waals surface area contributed by atoms with Gasteiger partial charge >= 0.3 is 6.09 Å². The highest BCUT2D eigenvalue weighted by Gasteiger charge is 2.51. The number of nitrogens with one attached hydrogen (secondary N) is 2. The molecule has 3 N–H and O–H groups in total. The number of benzene rings is 2. The van der Waals surface area contributed by atoms with Crippen LogP contribution in [0.3, 0.4) is 0 Å². The van der Waals surface area contributed by atoms with Gasteiger partial charge in [0.25, 0.3) is 11.8 Å². The number of alkyl halides is 3. The molecule has 1 fully saturated rings. The van der Waals surface area contributed by atoms with E-state index in [2.05, 4.69) is 16.6 Å². The van der Waals surface area contributed by atoms with E-state index in [1.807, 2.05) is 22.6 Å². The second-order valence-corrected chi connectivity index (χ2v) is 9.45. The number of aliphatic hydroxyl groups is 1. The second-order valence-electron chi connectivity index (χ2n) is 8.83. The van der Waals surface area contributed by atoms with Crippen molar-refractivity contribution in [2.75, 3.05) is 17.8 Å². The maximum absolute atomic E-state index is 14.4. The highest BCUT2D eigenvalue weighted by molar-refractivity contribution is 14.1. The number of likely N-dealkylation sites (tertiary alicyclic amines) is 1. The number of nitrogens with zero attached hydrogens (tertiary/aromatic N) is 1. The lowest BCUT2D eigenvalue weighted by atomic mass is 10.00. The van der Waals surface area contributed by atoms with E-state index in [1.54, 1.807) is 54.6 Å². The molecule has 0 spiro atoms. The van der Waals surface area contributed by atoms with Gasteiger partial charge in [-0.15, -0.1) is 6.42 Å². The first-order valence-corrected chi connectivity index (χ1v) is 13.5. The minimum Gasteiger partial charge on any atom is -0.483 e.